The first-order valence-electron chi connectivity index (χ1n) is 6.18. The van der Waals surface area contributed by atoms with Gasteiger partial charge >= 0.3 is 0 Å². The van der Waals surface area contributed by atoms with Gasteiger partial charge in [-0.2, -0.15) is 0 Å². The van der Waals surface area contributed by atoms with Gasteiger partial charge in [0.2, 0.25) is 0 Å². The summed E-state index contributed by atoms with van der Waals surface area (Å²) in [4.78, 5) is 2.62. The van der Waals surface area contributed by atoms with Gasteiger partial charge in [0.25, 0.3) is 0 Å². The molecule has 84 valence electrons. The van der Waals surface area contributed by atoms with Crippen molar-refractivity contribution in [3.8, 4) is 0 Å². The van der Waals surface area contributed by atoms with Crippen LogP contribution in [0, 0.1) is 5.92 Å². The molecule has 0 bridgehead atoms. The number of piperidine rings is 1. The van der Waals surface area contributed by atoms with Crippen molar-refractivity contribution < 1.29 is 0 Å². The maximum Gasteiger partial charge on any atom is 0.0195 e. The van der Waals surface area contributed by atoms with E-state index in [9.17, 15) is 0 Å². The third-order valence-electron chi connectivity index (χ3n) is 3.02. The molecule has 1 aliphatic rings. The van der Waals surface area contributed by atoms with Gasteiger partial charge in [-0.15, -0.1) is 0 Å². The fourth-order valence-electron chi connectivity index (χ4n) is 2.15. The molecule has 1 rings (SSSR count). The molecule has 0 aromatic heterocycles. The number of hydrogen-bond donors (Lipinski definition) is 1. The lowest BCUT2D eigenvalue weighted by Gasteiger charge is -2.33. The number of likely N-dealkylation sites (N-methyl/N-ethyl adjacent to an activating group) is 1. The van der Waals surface area contributed by atoms with E-state index in [1.165, 1.54) is 38.9 Å². The van der Waals surface area contributed by atoms with Crippen LogP contribution in [0.2, 0.25) is 0 Å². The molecule has 2 nitrogen and oxygen atoms in total. The minimum atomic E-state index is 0.751. The lowest BCUT2D eigenvalue weighted by molar-refractivity contribution is 0.183. The summed E-state index contributed by atoms with van der Waals surface area (Å²) >= 11 is 0. The van der Waals surface area contributed by atoms with Crippen LogP contribution in [0.25, 0.3) is 0 Å². The predicted octanol–water partition coefficient (Wildman–Crippen LogP) is 2.11. The van der Waals surface area contributed by atoms with Crippen LogP contribution in [0.15, 0.2) is 0 Å². The SMILES string of the molecule is CCNC1CCCN(CCC(C)C)C1. The summed E-state index contributed by atoms with van der Waals surface area (Å²) < 4.78 is 0. The summed E-state index contributed by atoms with van der Waals surface area (Å²) in [5.41, 5.74) is 0. The summed E-state index contributed by atoms with van der Waals surface area (Å²) in [7, 11) is 0. The highest BCUT2D eigenvalue weighted by Gasteiger charge is 2.18. The van der Waals surface area contributed by atoms with Gasteiger partial charge in [0.1, 0.15) is 0 Å². The van der Waals surface area contributed by atoms with E-state index in [1.807, 2.05) is 0 Å². The Morgan fingerprint density at radius 2 is 2.21 bits per heavy atom. The van der Waals surface area contributed by atoms with E-state index in [0.717, 1.165) is 18.5 Å². The second kappa shape index (κ2) is 6.41. The summed E-state index contributed by atoms with van der Waals surface area (Å²) in [6.07, 6.45) is 4.08. The minimum absolute atomic E-state index is 0.751. The van der Waals surface area contributed by atoms with Crippen LogP contribution in [-0.4, -0.2) is 37.1 Å². The van der Waals surface area contributed by atoms with Crippen molar-refractivity contribution in [2.75, 3.05) is 26.2 Å². The van der Waals surface area contributed by atoms with E-state index in [-0.39, 0.29) is 0 Å². The Balaban J connectivity index is 2.18. The number of hydrogen-bond acceptors (Lipinski definition) is 2. The van der Waals surface area contributed by atoms with Crippen molar-refractivity contribution in [1.82, 2.24) is 10.2 Å². The second-order valence-electron chi connectivity index (χ2n) is 4.88. The van der Waals surface area contributed by atoms with Crippen LogP contribution in [-0.2, 0) is 0 Å². The fourth-order valence-corrected chi connectivity index (χ4v) is 2.15. The van der Waals surface area contributed by atoms with Crippen LogP contribution in [0.4, 0.5) is 0 Å². The topological polar surface area (TPSA) is 15.3 Å². The van der Waals surface area contributed by atoms with E-state index in [4.69, 9.17) is 0 Å². The van der Waals surface area contributed by atoms with Crippen molar-refractivity contribution in [3.05, 3.63) is 0 Å². The lowest BCUT2D eigenvalue weighted by atomic mass is 10.0. The molecule has 0 aromatic carbocycles. The van der Waals surface area contributed by atoms with Gasteiger partial charge in [-0.25, -0.2) is 0 Å². The van der Waals surface area contributed by atoms with Crippen molar-refractivity contribution in [2.24, 2.45) is 5.92 Å². The number of rotatable bonds is 5. The average molecular weight is 198 g/mol. The van der Waals surface area contributed by atoms with Crippen molar-refractivity contribution >= 4 is 0 Å². The average Bonchev–Trinajstić information content (AvgIpc) is 2.16. The van der Waals surface area contributed by atoms with Gasteiger partial charge in [0, 0.05) is 12.6 Å². The van der Waals surface area contributed by atoms with Crippen molar-refractivity contribution in [1.29, 1.82) is 0 Å². The molecular weight excluding hydrogens is 172 g/mol. The standard InChI is InChI=1S/C12H26N2/c1-4-13-12-6-5-8-14(10-12)9-7-11(2)3/h11-13H,4-10H2,1-3H3. The quantitative estimate of drug-likeness (QED) is 0.728. The summed E-state index contributed by atoms with van der Waals surface area (Å²) in [6.45, 7) is 11.8. The van der Waals surface area contributed by atoms with Crippen LogP contribution in [0.3, 0.4) is 0 Å². The molecular formula is C12H26N2. The summed E-state index contributed by atoms with van der Waals surface area (Å²) in [5.74, 6) is 0.842. The normalized spacial score (nSPS) is 24.4. The van der Waals surface area contributed by atoms with Crippen LogP contribution in [0.1, 0.15) is 40.0 Å². The molecule has 0 aliphatic carbocycles. The molecule has 0 aromatic rings. The first kappa shape index (κ1) is 12.0. The van der Waals surface area contributed by atoms with Crippen molar-refractivity contribution in [3.63, 3.8) is 0 Å². The molecule has 1 saturated heterocycles. The highest BCUT2D eigenvalue weighted by molar-refractivity contribution is 4.77. The van der Waals surface area contributed by atoms with Gasteiger partial charge in [0.15, 0.2) is 0 Å². The first-order chi connectivity index (χ1) is 6.72. The Hall–Kier alpha value is -0.0800. The van der Waals surface area contributed by atoms with Crippen LogP contribution < -0.4 is 5.32 Å². The maximum atomic E-state index is 3.56. The zero-order valence-electron chi connectivity index (χ0n) is 10.1. The zero-order chi connectivity index (χ0) is 10.4. The second-order valence-corrected chi connectivity index (χ2v) is 4.88. The van der Waals surface area contributed by atoms with E-state index in [2.05, 4.69) is 31.0 Å². The van der Waals surface area contributed by atoms with Gasteiger partial charge in [-0.05, 0) is 44.8 Å². The number of nitrogens with zero attached hydrogens (tertiary/aromatic N) is 1. The van der Waals surface area contributed by atoms with Gasteiger partial charge in [0.05, 0.1) is 0 Å². The molecule has 1 fully saturated rings. The molecule has 0 saturated carbocycles. The molecule has 0 amide bonds. The Morgan fingerprint density at radius 1 is 1.43 bits per heavy atom. The Morgan fingerprint density at radius 3 is 2.86 bits per heavy atom. The Labute approximate surface area is 89.1 Å². The highest BCUT2D eigenvalue weighted by atomic mass is 15.2. The number of likely N-dealkylation sites (tertiary alicyclic amines) is 1. The number of nitrogens with one attached hydrogen (secondary N) is 1. The van der Waals surface area contributed by atoms with Crippen LogP contribution >= 0.6 is 0 Å². The molecule has 14 heavy (non-hydrogen) atoms. The smallest absolute Gasteiger partial charge is 0.0195 e. The lowest BCUT2D eigenvalue weighted by Crippen LogP contribution is -2.45. The highest BCUT2D eigenvalue weighted by Crippen LogP contribution is 2.11. The Kier molecular flexibility index (Phi) is 5.49. The molecule has 1 heterocycles. The van der Waals surface area contributed by atoms with Crippen LogP contribution in [0.5, 0.6) is 0 Å². The third kappa shape index (κ3) is 4.43. The molecule has 1 unspecified atom stereocenters. The third-order valence-corrected chi connectivity index (χ3v) is 3.02. The minimum Gasteiger partial charge on any atom is -0.313 e. The molecule has 1 atom stereocenters. The molecule has 0 radical (unpaired) electrons. The predicted molar refractivity (Wildman–Crippen MR) is 62.6 cm³/mol. The maximum absolute atomic E-state index is 3.56. The monoisotopic (exact) mass is 198 g/mol. The van der Waals surface area contributed by atoms with E-state index in [1.54, 1.807) is 0 Å². The molecule has 1 aliphatic heterocycles. The fraction of sp³-hybridized carbons (Fsp3) is 1.00. The molecule has 2 heteroatoms. The van der Waals surface area contributed by atoms with Crippen molar-refractivity contribution in [2.45, 2.75) is 46.1 Å². The van der Waals surface area contributed by atoms with E-state index in [0.29, 0.717) is 0 Å². The van der Waals surface area contributed by atoms with Gasteiger partial charge < -0.3 is 10.2 Å². The van der Waals surface area contributed by atoms with Gasteiger partial charge in [-0.3, -0.25) is 0 Å². The zero-order valence-corrected chi connectivity index (χ0v) is 10.1. The van der Waals surface area contributed by atoms with E-state index >= 15 is 0 Å². The van der Waals surface area contributed by atoms with Gasteiger partial charge in [-0.1, -0.05) is 20.8 Å². The largest absolute Gasteiger partial charge is 0.313 e. The Bertz CT molecular complexity index is 143. The van der Waals surface area contributed by atoms with E-state index < -0.39 is 0 Å². The first-order valence-corrected chi connectivity index (χ1v) is 6.18. The summed E-state index contributed by atoms with van der Waals surface area (Å²) in [5, 5.41) is 3.56. The summed E-state index contributed by atoms with van der Waals surface area (Å²) in [6, 6.07) is 0.751. The molecule has 1 N–H and O–H groups in total. The molecule has 0 spiro atoms.